The van der Waals surface area contributed by atoms with Crippen molar-refractivity contribution in [1.82, 2.24) is 0 Å². The second-order valence-corrected chi connectivity index (χ2v) is 20.7. The summed E-state index contributed by atoms with van der Waals surface area (Å²) < 4.78 is 6.23. The summed E-state index contributed by atoms with van der Waals surface area (Å²) in [5.41, 5.74) is -1.23. The van der Waals surface area contributed by atoms with Crippen LogP contribution in [0.2, 0.25) is 0 Å². The molecule has 0 radical (unpaired) electrons. The first-order valence-electron chi connectivity index (χ1n) is 19.5. The largest absolute Gasteiger partial charge is 0.481 e. The average molecular weight is 727 g/mol. The summed E-state index contributed by atoms with van der Waals surface area (Å²) in [4.78, 5) is 68.2. The highest BCUT2D eigenvalue weighted by Gasteiger charge is 2.73. The first-order chi connectivity index (χ1) is 23.7. The van der Waals surface area contributed by atoms with E-state index in [1.54, 1.807) is 13.8 Å². The van der Waals surface area contributed by atoms with Gasteiger partial charge in [-0.15, -0.1) is 0 Å². The Kier molecular flexibility index (Phi) is 11.1. The van der Waals surface area contributed by atoms with E-state index in [0.29, 0.717) is 17.8 Å². The molecular formula is C43H66O9. The molecule has 52 heavy (non-hydrogen) atoms. The second kappa shape index (κ2) is 13.8. The van der Waals surface area contributed by atoms with Gasteiger partial charge in [0.2, 0.25) is 0 Å². The highest BCUT2D eigenvalue weighted by atomic mass is 16.5. The van der Waals surface area contributed by atoms with Gasteiger partial charge in [0.05, 0.1) is 17.8 Å². The van der Waals surface area contributed by atoms with E-state index in [9.17, 15) is 29.4 Å². The van der Waals surface area contributed by atoms with Crippen molar-refractivity contribution in [3.8, 4) is 0 Å². The first kappa shape index (κ1) is 41.9. The highest BCUT2D eigenvalue weighted by Crippen LogP contribution is 2.78. The summed E-state index contributed by atoms with van der Waals surface area (Å²) in [5, 5.41) is 19.8. The Bertz CT molecular complexity index is 1500. The molecule has 9 nitrogen and oxygen atoms in total. The summed E-state index contributed by atoms with van der Waals surface area (Å²) in [7, 11) is 0. The third kappa shape index (κ3) is 6.53. The van der Waals surface area contributed by atoms with Gasteiger partial charge in [0, 0.05) is 17.3 Å². The van der Waals surface area contributed by atoms with Crippen molar-refractivity contribution in [2.45, 2.75) is 153 Å². The Hall–Kier alpha value is -2.80. The number of hydrogen-bond acceptors (Lipinski definition) is 7. The predicted molar refractivity (Wildman–Crippen MR) is 195 cm³/mol. The van der Waals surface area contributed by atoms with Crippen LogP contribution in [0.3, 0.4) is 0 Å². The molecule has 5 aliphatic carbocycles. The number of carbonyl (C=O) groups is 4. The fourth-order valence-corrected chi connectivity index (χ4v) is 13.4. The van der Waals surface area contributed by atoms with Crippen LogP contribution in [-0.4, -0.2) is 46.2 Å². The van der Waals surface area contributed by atoms with E-state index in [1.165, 1.54) is 0 Å². The van der Waals surface area contributed by atoms with E-state index >= 15 is 0 Å². The van der Waals surface area contributed by atoms with Crippen molar-refractivity contribution in [3.63, 3.8) is 0 Å². The number of fused-ring (bicyclic) bond motifs is 7. The topological polar surface area (TPSA) is 152 Å². The quantitative estimate of drug-likeness (QED) is 0.175. The van der Waals surface area contributed by atoms with E-state index in [4.69, 9.17) is 14.3 Å². The molecule has 3 unspecified atom stereocenters. The van der Waals surface area contributed by atoms with Crippen molar-refractivity contribution >= 4 is 29.8 Å². The van der Waals surface area contributed by atoms with Crippen LogP contribution in [0.25, 0.3) is 0 Å². The fraction of sp³-hybridized carbons (Fsp3) is 0.837. The summed E-state index contributed by atoms with van der Waals surface area (Å²) in [6.45, 7) is 27.5. The third-order valence-corrected chi connectivity index (χ3v) is 16.4. The maximum atomic E-state index is 14.6. The van der Waals surface area contributed by atoms with Gasteiger partial charge in [0.25, 0.3) is 0 Å². The Labute approximate surface area is 311 Å². The van der Waals surface area contributed by atoms with E-state index < -0.39 is 40.1 Å². The Morgan fingerprint density at radius 3 is 1.96 bits per heavy atom. The number of allylic oxidation sites excluding steroid dienone is 1. The minimum Gasteiger partial charge on any atom is -0.481 e. The van der Waals surface area contributed by atoms with E-state index in [0.717, 1.165) is 63.4 Å². The minimum atomic E-state index is -1.18. The summed E-state index contributed by atoms with van der Waals surface area (Å²) in [6.07, 6.45) is 8.54. The molecule has 5 aliphatic rings. The molecular weight excluding hydrogens is 660 g/mol. The van der Waals surface area contributed by atoms with Gasteiger partial charge in [-0.2, -0.15) is 9.59 Å². The van der Waals surface area contributed by atoms with Gasteiger partial charge >= 0.3 is 24.1 Å². The molecule has 0 aliphatic heterocycles. The van der Waals surface area contributed by atoms with Crippen LogP contribution in [0.5, 0.6) is 0 Å². The molecule has 9 heteroatoms. The lowest BCUT2D eigenvalue weighted by molar-refractivity contribution is -0.217. The molecule has 0 aromatic rings. The molecule has 0 amide bonds. The van der Waals surface area contributed by atoms with E-state index in [2.05, 4.69) is 48.1 Å². The first-order valence-corrected chi connectivity index (χ1v) is 19.5. The smallest absolute Gasteiger partial charge is 0.373 e. The predicted octanol–water partition coefficient (Wildman–Crippen LogP) is 8.79. The molecule has 0 aromatic heterocycles. The van der Waals surface area contributed by atoms with Gasteiger partial charge in [-0.3, -0.25) is 19.2 Å². The van der Waals surface area contributed by atoms with Crippen LogP contribution in [-0.2, 0) is 33.5 Å². The van der Waals surface area contributed by atoms with E-state index in [1.807, 2.05) is 20.8 Å². The van der Waals surface area contributed by atoms with Crippen molar-refractivity contribution in [3.05, 3.63) is 12.2 Å². The number of hydrogen-bond donors (Lipinski definition) is 2. The fourth-order valence-electron chi connectivity index (χ4n) is 13.4. The molecule has 0 spiro atoms. The van der Waals surface area contributed by atoms with Crippen LogP contribution >= 0.6 is 0 Å². The van der Waals surface area contributed by atoms with Crippen molar-refractivity contribution in [1.29, 1.82) is 0 Å². The Balaban J connectivity index is 0.00000195. The molecule has 5 fully saturated rings. The molecule has 5 saturated carbocycles. The number of ketones is 1. The standard InChI is InChI=1S/C42H66O7.CO2/c1-24(2)25-15-18-42(30(43)21-27(34(45)46)36(3,4)5)20-19-40(11)26(33(25)42)13-14-29-39(10)22-31(49-32(44)23-37(6,7)35(47)48)38(8,9)28(39)16-17-41(29,40)12;2-1-3/h25-29,31,33H,1,13-23H2,2-12H3,(H,45,46)(H,47,48);/t25-,26?,27?,28-,29+,31-,33?,39-,40+,41+,42+;/m0./s1. The minimum absolute atomic E-state index is 0.0109. The number of carbonyl (C=O) groups excluding carboxylic acids is 4. The number of rotatable bonds is 9. The van der Waals surface area contributed by atoms with Crippen LogP contribution in [0.4, 0.5) is 0 Å². The Morgan fingerprint density at radius 2 is 1.44 bits per heavy atom. The van der Waals surface area contributed by atoms with Gasteiger partial charge in [0.15, 0.2) is 0 Å². The Morgan fingerprint density at radius 1 is 0.846 bits per heavy atom. The molecule has 292 valence electrons. The number of aliphatic carboxylic acids is 2. The number of ether oxygens (including phenoxy) is 1. The van der Waals surface area contributed by atoms with Gasteiger partial charge in [-0.25, -0.2) is 0 Å². The van der Waals surface area contributed by atoms with Crippen LogP contribution in [0, 0.1) is 73.4 Å². The average Bonchev–Trinajstić information content (AvgIpc) is 3.48. The SMILES string of the molecule is C=C(C)[C@@H]1CC[C@]2(C(=O)CC(C(=O)O)C(C)(C)C)CC[C@]3(C)C(CC[C@@H]4[C@@]5(C)C[C@H](OC(=O)CC(C)(C)C(=O)O)C(C)(C)[C@@H]5CC[C@]43C)C12.O=C=O. The van der Waals surface area contributed by atoms with Crippen LogP contribution < -0.4 is 0 Å². The van der Waals surface area contributed by atoms with Crippen LogP contribution in [0.15, 0.2) is 12.2 Å². The zero-order chi connectivity index (χ0) is 39.6. The molecule has 0 aromatic carbocycles. The lowest BCUT2D eigenvalue weighted by atomic mass is 9.34. The van der Waals surface area contributed by atoms with Gasteiger partial charge < -0.3 is 14.9 Å². The van der Waals surface area contributed by atoms with E-state index in [-0.39, 0.29) is 64.4 Å². The molecule has 0 heterocycles. The van der Waals surface area contributed by atoms with Gasteiger partial charge in [-0.05, 0) is 130 Å². The maximum absolute atomic E-state index is 14.6. The normalized spacial score (nSPS) is 39.5. The molecule has 11 atom stereocenters. The molecule has 5 rings (SSSR count). The van der Waals surface area contributed by atoms with Crippen molar-refractivity contribution < 1.29 is 43.7 Å². The lowest BCUT2D eigenvalue weighted by Gasteiger charge is -2.70. The molecule has 0 saturated heterocycles. The van der Waals surface area contributed by atoms with Crippen molar-refractivity contribution in [2.24, 2.45) is 73.4 Å². The highest BCUT2D eigenvalue weighted by molar-refractivity contribution is 5.89. The molecule has 2 N–H and O–H groups in total. The third-order valence-electron chi connectivity index (χ3n) is 16.4. The summed E-state index contributed by atoms with van der Waals surface area (Å²) >= 11 is 0. The summed E-state index contributed by atoms with van der Waals surface area (Å²) in [6, 6.07) is 0. The number of Topliss-reactive ketones (excluding diaryl/α,β-unsaturated/α-hetero) is 1. The second-order valence-electron chi connectivity index (χ2n) is 20.7. The monoisotopic (exact) mass is 726 g/mol. The summed E-state index contributed by atoms with van der Waals surface area (Å²) in [5.74, 6) is -1.23. The van der Waals surface area contributed by atoms with Gasteiger partial charge in [-0.1, -0.05) is 67.5 Å². The number of esters is 1. The van der Waals surface area contributed by atoms with Crippen molar-refractivity contribution in [2.75, 3.05) is 0 Å². The number of carboxylic acid groups (broad SMARTS) is 2. The molecule has 0 bridgehead atoms. The lowest BCUT2D eigenvalue weighted by Crippen LogP contribution is -2.64. The zero-order valence-corrected chi connectivity index (χ0v) is 33.8. The van der Waals surface area contributed by atoms with Crippen LogP contribution in [0.1, 0.15) is 147 Å². The maximum Gasteiger partial charge on any atom is 0.373 e. The number of carboxylic acids is 2. The zero-order valence-electron chi connectivity index (χ0n) is 33.8. The van der Waals surface area contributed by atoms with Gasteiger partial charge in [0.1, 0.15) is 11.9 Å².